The highest BCUT2D eigenvalue weighted by molar-refractivity contribution is 6.09. The number of carbonyl (C=O) groups excluding carboxylic acids is 3. The minimum atomic E-state index is -4.80. The van der Waals surface area contributed by atoms with Crippen LogP contribution in [0.15, 0.2) is 66.7 Å². The van der Waals surface area contributed by atoms with Crippen LogP contribution in [0.25, 0.3) is 11.1 Å². The molecule has 1 fully saturated rings. The first-order valence-corrected chi connectivity index (χ1v) is 13.7. The number of likely N-dealkylation sites (tertiary alicyclic amines) is 1. The van der Waals surface area contributed by atoms with Gasteiger partial charge in [-0.3, -0.25) is 9.59 Å². The Morgan fingerprint density at radius 2 is 1.65 bits per heavy atom. The third kappa shape index (κ3) is 8.87. The summed E-state index contributed by atoms with van der Waals surface area (Å²) in [5, 5.41) is 5.43. The monoisotopic (exact) mass is 599 g/mol. The van der Waals surface area contributed by atoms with E-state index in [1.54, 1.807) is 48.2 Å². The van der Waals surface area contributed by atoms with Crippen molar-refractivity contribution in [3.8, 4) is 22.6 Å². The Labute approximate surface area is 246 Å². The topological polar surface area (TPSA) is 106 Å². The highest BCUT2D eigenvalue weighted by Crippen LogP contribution is 2.32. The fraction of sp³-hybridized carbons (Fsp3) is 0.323. The number of aryl methyl sites for hydroxylation is 1. The van der Waals surface area contributed by atoms with Gasteiger partial charge in [0.2, 0.25) is 0 Å². The normalized spacial score (nSPS) is 13.7. The van der Waals surface area contributed by atoms with E-state index >= 15 is 0 Å². The molecule has 12 heteroatoms. The molecule has 0 unspecified atom stereocenters. The average molecular weight is 600 g/mol. The highest BCUT2D eigenvalue weighted by Gasteiger charge is 2.31. The van der Waals surface area contributed by atoms with E-state index in [2.05, 4.69) is 15.4 Å². The Hall–Kier alpha value is -4.74. The van der Waals surface area contributed by atoms with Gasteiger partial charge >= 0.3 is 18.4 Å². The molecule has 0 aromatic heterocycles. The molecule has 3 aromatic rings. The zero-order valence-corrected chi connectivity index (χ0v) is 23.7. The molecule has 9 nitrogen and oxygen atoms in total. The van der Waals surface area contributed by atoms with Crippen molar-refractivity contribution >= 4 is 23.6 Å². The van der Waals surface area contributed by atoms with Gasteiger partial charge in [-0.05, 0) is 60.9 Å². The van der Waals surface area contributed by atoms with Crippen LogP contribution < -0.4 is 20.1 Å². The number of halogens is 3. The molecule has 4 rings (SSSR count). The first-order valence-electron chi connectivity index (χ1n) is 13.7. The number of hydrogen-bond acceptors (Lipinski definition) is 6. The molecule has 3 amide bonds. The lowest BCUT2D eigenvalue weighted by Gasteiger charge is -2.32. The number of amides is 3. The van der Waals surface area contributed by atoms with E-state index in [0.717, 1.165) is 5.56 Å². The summed E-state index contributed by atoms with van der Waals surface area (Å²) < 4.78 is 52.6. The van der Waals surface area contributed by atoms with Crippen LogP contribution in [0.2, 0.25) is 0 Å². The van der Waals surface area contributed by atoms with Crippen molar-refractivity contribution in [1.82, 2.24) is 10.2 Å². The fourth-order valence-electron chi connectivity index (χ4n) is 4.75. The maximum absolute atomic E-state index is 13.4. The van der Waals surface area contributed by atoms with Gasteiger partial charge in [-0.25, -0.2) is 4.79 Å². The van der Waals surface area contributed by atoms with E-state index in [1.807, 2.05) is 13.0 Å². The summed E-state index contributed by atoms with van der Waals surface area (Å²) in [5.41, 5.74) is 2.78. The Morgan fingerprint density at radius 1 is 0.953 bits per heavy atom. The molecule has 3 aromatic carbocycles. The van der Waals surface area contributed by atoms with Crippen molar-refractivity contribution in [2.75, 3.05) is 31.6 Å². The molecule has 0 spiro atoms. The molecule has 2 N–H and O–H groups in total. The molecule has 1 heterocycles. The number of rotatable bonds is 9. The van der Waals surface area contributed by atoms with Gasteiger partial charge in [0.25, 0.3) is 5.91 Å². The number of alkyl halides is 3. The van der Waals surface area contributed by atoms with E-state index in [-0.39, 0.29) is 31.0 Å². The van der Waals surface area contributed by atoms with Crippen LogP contribution in [-0.2, 0) is 9.53 Å². The Morgan fingerprint density at radius 3 is 2.33 bits per heavy atom. The number of piperidine rings is 1. The molecule has 1 aliphatic rings. The number of carbonyl (C=O) groups is 3. The second-order valence-electron chi connectivity index (χ2n) is 9.82. The zero-order chi connectivity index (χ0) is 31.0. The quantitative estimate of drug-likeness (QED) is 0.296. The predicted molar refractivity (Wildman–Crippen MR) is 153 cm³/mol. The van der Waals surface area contributed by atoms with Gasteiger partial charge in [0.15, 0.2) is 0 Å². The standard InChI is InChI=1S/C31H32F3N3O6/c1-3-41-27(38)19-35-30(40)37-16-14-23(15-17-37)42-25-8-5-7-22(18-25)36-29(39)26-9-4-6-20(2)28(26)21-10-12-24(13-11-21)43-31(32,33)34/h4-13,18,23H,3,14-17,19H2,1-2H3,(H,35,40)(H,36,39). The van der Waals surface area contributed by atoms with Crippen LogP contribution in [0.1, 0.15) is 35.7 Å². The number of hydrogen-bond donors (Lipinski definition) is 2. The third-order valence-electron chi connectivity index (χ3n) is 6.71. The lowest BCUT2D eigenvalue weighted by Crippen LogP contribution is -2.47. The van der Waals surface area contributed by atoms with E-state index in [9.17, 15) is 27.6 Å². The maximum Gasteiger partial charge on any atom is 0.573 e. The van der Waals surface area contributed by atoms with Crippen molar-refractivity contribution in [2.24, 2.45) is 0 Å². The lowest BCUT2D eigenvalue weighted by molar-refractivity contribution is -0.274. The fourth-order valence-corrected chi connectivity index (χ4v) is 4.75. The van der Waals surface area contributed by atoms with Gasteiger partial charge in [0, 0.05) is 43.2 Å². The van der Waals surface area contributed by atoms with Gasteiger partial charge in [0.05, 0.1) is 6.61 Å². The van der Waals surface area contributed by atoms with E-state index < -0.39 is 18.2 Å². The van der Waals surface area contributed by atoms with Crippen LogP contribution in [0.4, 0.5) is 23.7 Å². The number of esters is 1. The molecular weight excluding hydrogens is 567 g/mol. The molecule has 0 atom stereocenters. The van der Waals surface area contributed by atoms with Crippen molar-refractivity contribution < 1.29 is 41.8 Å². The molecule has 0 aliphatic carbocycles. The van der Waals surface area contributed by atoms with Crippen LogP contribution in [0.5, 0.6) is 11.5 Å². The SMILES string of the molecule is CCOC(=O)CNC(=O)N1CCC(Oc2cccc(NC(=O)c3cccc(C)c3-c3ccc(OC(F)(F)F)cc3)c2)CC1. The minimum Gasteiger partial charge on any atom is -0.490 e. The number of ether oxygens (including phenoxy) is 3. The van der Waals surface area contributed by atoms with Crippen molar-refractivity contribution in [3.05, 3.63) is 77.9 Å². The van der Waals surface area contributed by atoms with Crippen LogP contribution in [0, 0.1) is 6.92 Å². The first-order chi connectivity index (χ1) is 20.5. The van der Waals surface area contributed by atoms with Gasteiger partial charge < -0.3 is 29.7 Å². The van der Waals surface area contributed by atoms with Gasteiger partial charge in [-0.1, -0.05) is 30.3 Å². The maximum atomic E-state index is 13.4. The molecule has 0 bridgehead atoms. The van der Waals surface area contributed by atoms with Crippen molar-refractivity contribution in [1.29, 1.82) is 0 Å². The first kappa shape index (κ1) is 31.2. The van der Waals surface area contributed by atoms with Crippen LogP contribution >= 0.6 is 0 Å². The second-order valence-corrected chi connectivity index (χ2v) is 9.82. The average Bonchev–Trinajstić information content (AvgIpc) is 2.96. The summed E-state index contributed by atoms with van der Waals surface area (Å²) in [6.45, 7) is 4.48. The number of urea groups is 1. The van der Waals surface area contributed by atoms with Crippen molar-refractivity contribution in [3.63, 3.8) is 0 Å². The number of nitrogens with one attached hydrogen (secondary N) is 2. The summed E-state index contributed by atoms with van der Waals surface area (Å²) in [6.07, 6.45) is -3.77. The molecule has 1 aliphatic heterocycles. The van der Waals surface area contributed by atoms with Crippen LogP contribution in [-0.4, -0.2) is 61.5 Å². The Kier molecular flexibility index (Phi) is 10.1. The summed E-state index contributed by atoms with van der Waals surface area (Å²) in [4.78, 5) is 38.8. The molecular formula is C31H32F3N3O6. The zero-order valence-electron chi connectivity index (χ0n) is 23.7. The molecule has 43 heavy (non-hydrogen) atoms. The smallest absolute Gasteiger partial charge is 0.490 e. The summed E-state index contributed by atoms with van der Waals surface area (Å²) >= 11 is 0. The molecule has 0 radical (unpaired) electrons. The Bertz CT molecular complexity index is 1440. The van der Waals surface area contributed by atoms with Gasteiger partial charge in [-0.15, -0.1) is 13.2 Å². The number of nitrogens with zero attached hydrogens (tertiary/aromatic N) is 1. The number of anilines is 1. The molecule has 1 saturated heterocycles. The highest BCUT2D eigenvalue weighted by atomic mass is 19.4. The Balaban J connectivity index is 1.37. The minimum absolute atomic E-state index is 0.146. The summed E-state index contributed by atoms with van der Waals surface area (Å²) in [7, 11) is 0. The largest absolute Gasteiger partial charge is 0.573 e. The van der Waals surface area contributed by atoms with Gasteiger partial charge in [-0.2, -0.15) is 0 Å². The van der Waals surface area contributed by atoms with Gasteiger partial charge in [0.1, 0.15) is 24.1 Å². The van der Waals surface area contributed by atoms with E-state index in [1.165, 1.54) is 24.3 Å². The third-order valence-corrected chi connectivity index (χ3v) is 6.71. The molecule has 228 valence electrons. The summed E-state index contributed by atoms with van der Waals surface area (Å²) in [5.74, 6) is -0.690. The molecule has 0 saturated carbocycles. The number of benzene rings is 3. The van der Waals surface area contributed by atoms with Crippen LogP contribution in [0.3, 0.4) is 0 Å². The lowest BCUT2D eigenvalue weighted by atomic mass is 9.94. The van der Waals surface area contributed by atoms with Crippen molar-refractivity contribution in [2.45, 2.75) is 39.2 Å². The van der Waals surface area contributed by atoms with E-state index in [0.29, 0.717) is 54.1 Å². The summed E-state index contributed by atoms with van der Waals surface area (Å²) in [6, 6.07) is 17.2. The van der Waals surface area contributed by atoms with E-state index in [4.69, 9.17) is 9.47 Å². The predicted octanol–water partition coefficient (Wildman–Crippen LogP) is 5.93. The second kappa shape index (κ2) is 14.0.